The molecule has 2 N–H and O–H groups in total. The molecule has 0 spiro atoms. The van der Waals surface area contributed by atoms with Gasteiger partial charge in [0.05, 0.1) is 29.5 Å². The molecule has 8 rings (SSSR count). The summed E-state index contributed by atoms with van der Waals surface area (Å²) in [5.41, 5.74) is 0.394. The van der Waals surface area contributed by atoms with Gasteiger partial charge >= 0.3 is 6.18 Å². The molecule has 0 aliphatic carbocycles. The van der Waals surface area contributed by atoms with E-state index in [2.05, 4.69) is 30.3 Å². The van der Waals surface area contributed by atoms with E-state index in [4.69, 9.17) is 11.3 Å². The van der Waals surface area contributed by atoms with Gasteiger partial charge in [0.25, 0.3) is 11.8 Å². The van der Waals surface area contributed by atoms with Crippen molar-refractivity contribution in [3.05, 3.63) is 82.8 Å². The molecule has 4 saturated heterocycles. The van der Waals surface area contributed by atoms with Gasteiger partial charge in [-0.3, -0.25) is 39.1 Å². The second-order valence-electron chi connectivity index (χ2n) is 15.5. The van der Waals surface area contributed by atoms with Crippen LogP contribution in [0.5, 0.6) is 5.75 Å². The van der Waals surface area contributed by atoms with E-state index in [0.717, 1.165) is 62.2 Å². The normalized spacial score (nSPS) is 21.1. The smallest absolute Gasteiger partial charge is 0.407 e. The summed E-state index contributed by atoms with van der Waals surface area (Å²) in [5, 5.41) is 5.07. The van der Waals surface area contributed by atoms with Crippen LogP contribution in [-0.2, 0) is 20.6 Å². The van der Waals surface area contributed by atoms with Gasteiger partial charge in [-0.15, -0.1) is 0 Å². The van der Waals surface area contributed by atoms with Gasteiger partial charge in [-0.1, -0.05) is 6.07 Å². The number of halogens is 3. The first-order valence-electron chi connectivity index (χ1n) is 19.4. The lowest BCUT2D eigenvalue weighted by Crippen LogP contribution is -2.55. The molecule has 0 bridgehead atoms. The van der Waals surface area contributed by atoms with E-state index in [1.807, 2.05) is 6.07 Å². The molecule has 2 aromatic carbocycles. The number of anilines is 3. The van der Waals surface area contributed by atoms with Crippen molar-refractivity contribution in [2.24, 2.45) is 11.8 Å². The number of likely N-dealkylation sites (tertiary alicyclic amines) is 1. The lowest BCUT2D eigenvalue weighted by Gasteiger charge is -2.42. The van der Waals surface area contributed by atoms with Crippen LogP contribution in [-0.4, -0.2) is 102 Å². The van der Waals surface area contributed by atoms with E-state index in [9.17, 15) is 37.1 Å². The predicted octanol–water partition coefficient (Wildman–Crippen LogP) is 4.89. The Balaban J connectivity index is 0.746. The number of imide groups is 2. The third kappa shape index (κ3) is 7.93. The van der Waals surface area contributed by atoms with Crippen LogP contribution >= 0.6 is 0 Å². The van der Waals surface area contributed by atoms with Gasteiger partial charge in [-0.05, 0) is 80.5 Å². The minimum absolute atomic E-state index is 0.0173. The van der Waals surface area contributed by atoms with Gasteiger partial charge in [0.2, 0.25) is 17.7 Å². The molecular weight excluding hydrogens is 757 g/mol. The van der Waals surface area contributed by atoms with Crippen molar-refractivity contribution in [2.75, 3.05) is 60.9 Å². The number of piperidine rings is 3. The topological polar surface area (TPSA) is 149 Å². The zero-order chi connectivity index (χ0) is 40.7. The summed E-state index contributed by atoms with van der Waals surface area (Å²) in [6.45, 7) is 12.0. The van der Waals surface area contributed by atoms with Gasteiger partial charge in [0, 0.05) is 69.5 Å². The second-order valence-corrected chi connectivity index (χ2v) is 15.5. The Morgan fingerprint density at radius 2 is 1.55 bits per heavy atom. The first kappa shape index (κ1) is 38.8. The molecule has 0 radical (unpaired) electrons. The number of aromatic nitrogens is 1. The fraction of sp³-hybridized carbons (Fsp3) is 0.439. The summed E-state index contributed by atoms with van der Waals surface area (Å²) in [7, 11) is 0. The number of nitrogens with zero attached hydrogens (tertiary/aromatic N) is 6. The number of hydrogen-bond acceptors (Lipinski definition) is 10. The molecule has 5 aliphatic heterocycles. The lowest BCUT2D eigenvalue weighted by molar-refractivity contribution is -0.137. The summed E-state index contributed by atoms with van der Waals surface area (Å²) >= 11 is 0. The second kappa shape index (κ2) is 15.7. The molecule has 5 aliphatic rings. The molecular formula is C41H41F3N8O6. The molecule has 14 nitrogen and oxygen atoms in total. The largest absolute Gasteiger partial charge is 0.486 e. The molecule has 1 atom stereocenters. The molecule has 302 valence electrons. The third-order valence-corrected chi connectivity index (χ3v) is 11.8. The standard InChI is InChI=1S/C41H41F3N8O6/c1-45-33-6-3-27(19-32(33)41(42,43)44)51-16-12-25(13-17-51)37(54)47-35-8-4-28(20-46-35)58-29-22-49(23-29)21-24-10-14-50(15-11-24)26-2-5-30-31(18-26)40(57)52(39(30)56)34-7-9-36(53)48-38(34)55/h2-6,8,18-20,24-25,29,34H,7,9-17,21-23H2,(H,46,47,54)(H,48,53,55). The number of alkyl halides is 3. The molecule has 4 fully saturated rings. The summed E-state index contributed by atoms with van der Waals surface area (Å²) in [6, 6.07) is 11.4. The van der Waals surface area contributed by atoms with Gasteiger partial charge in [-0.2, -0.15) is 13.2 Å². The molecule has 3 aromatic rings. The molecule has 17 heteroatoms. The number of amides is 5. The molecule has 6 heterocycles. The number of carbonyl (C=O) groups is 5. The predicted molar refractivity (Wildman–Crippen MR) is 204 cm³/mol. The SMILES string of the molecule is [C-]#[N+]c1ccc(N2CCC(C(=O)Nc3ccc(OC4CN(CC5CCN(c6ccc7c(c6)C(=O)N(C6CCC(=O)NC6=O)C7=O)CC5)C4)cn3)CC2)cc1C(F)(F)F. The monoisotopic (exact) mass is 798 g/mol. The maximum Gasteiger partial charge on any atom is 0.407 e. The Hall–Kier alpha value is -6.02. The third-order valence-electron chi connectivity index (χ3n) is 11.8. The summed E-state index contributed by atoms with van der Waals surface area (Å²) in [4.78, 5) is 78.0. The van der Waals surface area contributed by atoms with Crippen molar-refractivity contribution in [1.82, 2.24) is 20.1 Å². The fourth-order valence-electron chi connectivity index (χ4n) is 8.53. The van der Waals surface area contributed by atoms with Crippen LogP contribution in [0.2, 0.25) is 0 Å². The van der Waals surface area contributed by atoms with Crippen molar-refractivity contribution in [1.29, 1.82) is 0 Å². The number of rotatable bonds is 9. The molecule has 5 amide bonds. The number of pyridine rings is 1. The van der Waals surface area contributed by atoms with Crippen LogP contribution in [0, 0.1) is 18.4 Å². The van der Waals surface area contributed by atoms with E-state index < -0.39 is 47.1 Å². The number of nitrogens with one attached hydrogen (secondary N) is 2. The van der Waals surface area contributed by atoms with Crippen molar-refractivity contribution < 1.29 is 41.9 Å². The van der Waals surface area contributed by atoms with Gasteiger partial charge in [0.15, 0.2) is 5.69 Å². The Bertz CT molecular complexity index is 2170. The quantitative estimate of drug-likeness (QED) is 0.227. The number of hydrogen-bond donors (Lipinski definition) is 2. The highest BCUT2D eigenvalue weighted by Crippen LogP contribution is 2.40. The number of carbonyl (C=O) groups excluding carboxylic acids is 5. The minimum atomic E-state index is -4.63. The van der Waals surface area contributed by atoms with Crippen LogP contribution in [0.25, 0.3) is 4.85 Å². The van der Waals surface area contributed by atoms with Crippen molar-refractivity contribution >= 4 is 52.4 Å². The first-order chi connectivity index (χ1) is 27.8. The highest BCUT2D eigenvalue weighted by Gasteiger charge is 2.45. The first-order valence-corrected chi connectivity index (χ1v) is 19.4. The van der Waals surface area contributed by atoms with Crippen molar-refractivity contribution in [3.63, 3.8) is 0 Å². The van der Waals surface area contributed by atoms with Gasteiger partial charge < -0.3 is 19.9 Å². The molecule has 0 saturated carbocycles. The zero-order valence-corrected chi connectivity index (χ0v) is 31.5. The van der Waals surface area contributed by atoms with Crippen LogP contribution in [0.1, 0.15) is 64.8 Å². The zero-order valence-electron chi connectivity index (χ0n) is 31.5. The van der Waals surface area contributed by atoms with E-state index >= 15 is 0 Å². The van der Waals surface area contributed by atoms with E-state index in [1.54, 1.807) is 35.4 Å². The van der Waals surface area contributed by atoms with E-state index in [-0.39, 0.29) is 41.9 Å². The van der Waals surface area contributed by atoms with Crippen LogP contribution in [0.4, 0.5) is 36.1 Å². The highest BCUT2D eigenvalue weighted by molar-refractivity contribution is 6.23. The lowest BCUT2D eigenvalue weighted by atomic mass is 9.94. The maximum absolute atomic E-state index is 13.4. The average Bonchev–Trinajstić information content (AvgIpc) is 3.45. The minimum Gasteiger partial charge on any atom is -0.486 e. The molecule has 58 heavy (non-hydrogen) atoms. The summed E-state index contributed by atoms with van der Waals surface area (Å²) in [6.07, 6.45) is 0.0152. The molecule has 1 aromatic heterocycles. The summed E-state index contributed by atoms with van der Waals surface area (Å²) in [5.74, 6) is -1.09. The molecule has 1 unspecified atom stereocenters. The van der Waals surface area contributed by atoms with E-state index in [0.29, 0.717) is 49.1 Å². The number of fused-ring (bicyclic) bond motifs is 1. The fourth-order valence-corrected chi connectivity index (χ4v) is 8.53. The Labute approximate surface area is 332 Å². The van der Waals surface area contributed by atoms with Crippen LogP contribution in [0.15, 0.2) is 54.7 Å². The Morgan fingerprint density at radius 1 is 0.879 bits per heavy atom. The van der Waals surface area contributed by atoms with Gasteiger partial charge in [-0.25, -0.2) is 9.83 Å². The van der Waals surface area contributed by atoms with Crippen LogP contribution in [0.3, 0.4) is 0 Å². The van der Waals surface area contributed by atoms with Gasteiger partial charge in [0.1, 0.15) is 23.7 Å². The highest BCUT2D eigenvalue weighted by atomic mass is 19.4. The maximum atomic E-state index is 13.4. The van der Waals surface area contributed by atoms with Crippen molar-refractivity contribution in [2.45, 2.75) is 56.8 Å². The average molecular weight is 799 g/mol. The Morgan fingerprint density at radius 3 is 2.21 bits per heavy atom. The van der Waals surface area contributed by atoms with Crippen molar-refractivity contribution in [3.8, 4) is 5.75 Å². The number of benzene rings is 2. The Kier molecular flexibility index (Phi) is 10.5. The van der Waals surface area contributed by atoms with E-state index in [1.165, 1.54) is 12.1 Å². The van der Waals surface area contributed by atoms with Crippen LogP contribution < -0.4 is 25.2 Å². The number of ether oxygens (including phenoxy) is 1. The summed E-state index contributed by atoms with van der Waals surface area (Å²) < 4.78 is 46.5.